The second-order valence-electron chi connectivity index (χ2n) is 7.04. The van der Waals surface area contributed by atoms with Crippen LogP contribution in [0.2, 0.25) is 0 Å². The molecular formula is C27H36N2O. The van der Waals surface area contributed by atoms with Crippen LogP contribution in [0.3, 0.4) is 0 Å². The highest BCUT2D eigenvalue weighted by molar-refractivity contribution is 5.99. The molecule has 0 unspecified atom stereocenters. The molecule has 0 saturated heterocycles. The molecule has 3 nitrogen and oxygen atoms in total. The quantitative estimate of drug-likeness (QED) is 0.365. The molecule has 0 atom stereocenters. The number of allylic oxidation sites excluding steroid dienone is 6. The van der Waals surface area contributed by atoms with E-state index in [1.54, 1.807) is 6.20 Å². The van der Waals surface area contributed by atoms with Crippen molar-refractivity contribution in [3.8, 4) is 0 Å². The summed E-state index contributed by atoms with van der Waals surface area (Å²) in [4.78, 5) is 16.2. The number of carbonyl (C=O) groups excluding carboxylic acids is 1. The average Bonchev–Trinajstić information content (AvgIpc) is 2.74. The fourth-order valence-corrected chi connectivity index (χ4v) is 3.40. The first-order chi connectivity index (χ1) is 14.3. The summed E-state index contributed by atoms with van der Waals surface area (Å²) in [5, 5.41) is 2.07. The first-order valence-electron chi connectivity index (χ1n) is 10.8. The molecular weight excluding hydrogens is 368 g/mol. The van der Waals surface area contributed by atoms with E-state index in [9.17, 15) is 4.79 Å². The van der Waals surface area contributed by atoms with Crippen LogP contribution in [0, 0.1) is 0 Å². The van der Waals surface area contributed by atoms with E-state index in [4.69, 9.17) is 5.73 Å². The molecule has 1 heterocycles. The number of rotatable bonds is 8. The minimum Gasteiger partial charge on any atom is -0.384 e. The summed E-state index contributed by atoms with van der Waals surface area (Å²) >= 11 is 0. The number of Topliss-reactive ketones (excluding diaryl/α,β-unsaturated/α-hetero) is 1. The Kier molecular flexibility index (Phi) is 9.97. The highest BCUT2D eigenvalue weighted by Crippen LogP contribution is 2.35. The fraction of sp³-hybridized carbons (Fsp3) is 0.333. The summed E-state index contributed by atoms with van der Waals surface area (Å²) < 4.78 is 0. The Morgan fingerprint density at radius 2 is 1.73 bits per heavy atom. The van der Waals surface area contributed by atoms with Gasteiger partial charge in [-0.05, 0) is 77.8 Å². The molecule has 2 rings (SSSR count). The number of ketones is 1. The first-order valence-corrected chi connectivity index (χ1v) is 10.8. The Hall–Kier alpha value is -2.94. The molecule has 2 N–H and O–H groups in total. The molecule has 3 heteroatoms. The lowest BCUT2D eigenvalue weighted by Gasteiger charge is -2.17. The third kappa shape index (κ3) is 6.03. The summed E-state index contributed by atoms with van der Waals surface area (Å²) in [6.07, 6.45) is 8.14. The number of pyridine rings is 1. The molecule has 0 radical (unpaired) electrons. The molecule has 1 aromatic carbocycles. The maximum atomic E-state index is 12.0. The van der Waals surface area contributed by atoms with Crippen molar-refractivity contribution in [2.75, 3.05) is 5.73 Å². The second-order valence-corrected chi connectivity index (χ2v) is 7.04. The number of benzene rings is 1. The van der Waals surface area contributed by atoms with Gasteiger partial charge < -0.3 is 5.73 Å². The van der Waals surface area contributed by atoms with Crippen LogP contribution in [0.25, 0.3) is 21.9 Å². The van der Waals surface area contributed by atoms with Gasteiger partial charge in [0.15, 0.2) is 5.78 Å². The lowest BCUT2D eigenvalue weighted by molar-refractivity contribution is -0.114. The van der Waals surface area contributed by atoms with Gasteiger partial charge in [0.1, 0.15) is 5.82 Å². The molecule has 2 aromatic rings. The highest BCUT2D eigenvalue weighted by Gasteiger charge is 2.14. The van der Waals surface area contributed by atoms with Gasteiger partial charge in [0.25, 0.3) is 0 Å². The van der Waals surface area contributed by atoms with Gasteiger partial charge in [0.2, 0.25) is 0 Å². The molecule has 1 aromatic heterocycles. The van der Waals surface area contributed by atoms with E-state index < -0.39 is 0 Å². The van der Waals surface area contributed by atoms with E-state index in [0.717, 1.165) is 51.5 Å². The fourth-order valence-electron chi connectivity index (χ4n) is 3.40. The van der Waals surface area contributed by atoms with Crippen molar-refractivity contribution in [3.63, 3.8) is 0 Å². The largest absolute Gasteiger partial charge is 0.384 e. The summed E-state index contributed by atoms with van der Waals surface area (Å²) in [5.41, 5.74) is 11.8. The topological polar surface area (TPSA) is 56.0 Å². The zero-order valence-corrected chi connectivity index (χ0v) is 19.4. The van der Waals surface area contributed by atoms with Crippen LogP contribution in [0.15, 0.2) is 60.9 Å². The predicted octanol–water partition coefficient (Wildman–Crippen LogP) is 7.54. The van der Waals surface area contributed by atoms with E-state index >= 15 is 0 Å². The van der Waals surface area contributed by atoms with Crippen molar-refractivity contribution < 1.29 is 4.79 Å². The molecule has 0 bridgehead atoms. The average molecular weight is 405 g/mol. The summed E-state index contributed by atoms with van der Waals surface area (Å²) in [6, 6.07) is 6.17. The van der Waals surface area contributed by atoms with Crippen molar-refractivity contribution >= 4 is 33.5 Å². The van der Waals surface area contributed by atoms with E-state index in [0.29, 0.717) is 17.8 Å². The van der Waals surface area contributed by atoms with Crippen molar-refractivity contribution in [2.45, 2.75) is 60.8 Å². The van der Waals surface area contributed by atoms with Crippen LogP contribution in [0.5, 0.6) is 0 Å². The smallest absolute Gasteiger partial charge is 0.162 e. The third-order valence-electron chi connectivity index (χ3n) is 4.89. The van der Waals surface area contributed by atoms with Gasteiger partial charge in [-0.2, -0.15) is 0 Å². The maximum absolute atomic E-state index is 12.0. The molecule has 0 saturated carbocycles. The van der Waals surface area contributed by atoms with E-state index in [-0.39, 0.29) is 5.78 Å². The first kappa shape index (κ1) is 25.1. The van der Waals surface area contributed by atoms with Crippen molar-refractivity contribution in [1.82, 2.24) is 4.98 Å². The van der Waals surface area contributed by atoms with Crippen molar-refractivity contribution in [1.29, 1.82) is 0 Å². The number of nitrogen functional groups attached to an aromatic ring is 1. The number of hydrogen-bond donors (Lipinski definition) is 1. The number of fused-ring (bicyclic) bond motifs is 1. The number of nitrogens with zero attached hydrogens (tertiary/aromatic N) is 1. The maximum Gasteiger partial charge on any atom is 0.162 e. The lowest BCUT2D eigenvalue weighted by Crippen LogP contribution is -2.00. The number of anilines is 1. The SMILES string of the molecule is C=C(/C=C(C)\C(=C/C)c1cc2cnc(N)cc2cc1C(=C)CCC)C(=O)CC.CC. The summed E-state index contributed by atoms with van der Waals surface area (Å²) in [5.74, 6) is 0.563. The van der Waals surface area contributed by atoms with Crippen molar-refractivity contribution in [3.05, 3.63) is 72.0 Å². The molecule has 0 spiro atoms. The lowest BCUT2D eigenvalue weighted by atomic mass is 9.87. The van der Waals surface area contributed by atoms with Crippen LogP contribution in [0.4, 0.5) is 5.82 Å². The Bertz CT molecular complexity index is 993. The van der Waals surface area contributed by atoms with Gasteiger partial charge >= 0.3 is 0 Å². The Balaban J connectivity index is 0.00000218. The molecule has 0 aliphatic rings. The number of carbonyl (C=O) groups is 1. The second kappa shape index (κ2) is 11.9. The van der Waals surface area contributed by atoms with Crippen LogP contribution < -0.4 is 5.73 Å². The van der Waals surface area contributed by atoms with Crippen LogP contribution in [0.1, 0.15) is 71.9 Å². The standard InChI is InChI=1S/C25H30N2O.C2H6/c1-7-10-16(4)22-12-19-14-25(26)27-15-20(19)13-23(22)21(8-2)17(5)11-18(6)24(28)9-3;1-2/h8,11-15H,4,6-7,9-10H2,1-3,5H3,(H2,26,27);1-2H3/b17-11-,21-8+;. The third-order valence-corrected chi connectivity index (χ3v) is 4.89. The normalized spacial score (nSPS) is 11.7. The van der Waals surface area contributed by atoms with Crippen LogP contribution in [-0.4, -0.2) is 10.8 Å². The zero-order valence-electron chi connectivity index (χ0n) is 19.4. The number of hydrogen-bond acceptors (Lipinski definition) is 3. The zero-order chi connectivity index (χ0) is 22.8. The van der Waals surface area contributed by atoms with Gasteiger partial charge in [-0.15, -0.1) is 0 Å². The molecule has 160 valence electrons. The van der Waals surface area contributed by atoms with Crippen molar-refractivity contribution in [2.24, 2.45) is 0 Å². The minimum atomic E-state index is 0.0589. The predicted molar refractivity (Wildman–Crippen MR) is 133 cm³/mol. The van der Waals surface area contributed by atoms with Gasteiger partial charge in [-0.25, -0.2) is 4.98 Å². The number of aromatic nitrogens is 1. The van der Waals surface area contributed by atoms with E-state index in [1.807, 2.05) is 46.8 Å². The monoisotopic (exact) mass is 404 g/mol. The van der Waals surface area contributed by atoms with E-state index in [1.165, 1.54) is 0 Å². The number of nitrogens with two attached hydrogens (primary N) is 1. The molecule has 0 aliphatic carbocycles. The Labute approximate surface area is 182 Å². The molecule has 0 aliphatic heterocycles. The highest BCUT2D eigenvalue weighted by atomic mass is 16.1. The summed E-state index contributed by atoms with van der Waals surface area (Å²) in [6.45, 7) is 20.3. The Morgan fingerprint density at radius 1 is 1.10 bits per heavy atom. The van der Waals surface area contributed by atoms with Crippen LogP contribution in [-0.2, 0) is 4.79 Å². The van der Waals surface area contributed by atoms with E-state index in [2.05, 4.69) is 43.3 Å². The van der Waals surface area contributed by atoms with Crippen LogP contribution >= 0.6 is 0 Å². The molecule has 30 heavy (non-hydrogen) atoms. The minimum absolute atomic E-state index is 0.0589. The van der Waals surface area contributed by atoms with Gasteiger partial charge in [-0.1, -0.05) is 53.3 Å². The van der Waals surface area contributed by atoms with Gasteiger partial charge in [0.05, 0.1) is 0 Å². The van der Waals surface area contributed by atoms with Gasteiger partial charge in [0, 0.05) is 23.6 Å². The molecule has 0 fully saturated rings. The molecule has 0 amide bonds. The summed E-state index contributed by atoms with van der Waals surface area (Å²) in [7, 11) is 0. The van der Waals surface area contributed by atoms with Gasteiger partial charge in [-0.3, -0.25) is 4.79 Å². The Morgan fingerprint density at radius 3 is 2.30 bits per heavy atom.